The first-order valence-electron chi connectivity index (χ1n) is 4.60. The van der Waals surface area contributed by atoms with Crippen molar-refractivity contribution in [3.8, 4) is 0 Å². The van der Waals surface area contributed by atoms with Gasteiger partial charge in [-0.25, -0.2) is 0 Å². The third-order valence-electron chi connectivity index (χ3n) is 1.96. The molecule has 0 spiro atoms. The Labute approximate surface area is 97.5 Å². The first kappa shape index (κ1) is 12.6. The highest BCUT2D eigenvalue weighted by atomic mass is 79.9. The second kappa shape index (κ2) is 6.21. The first-order chi connectivity index (χ1) is 7.09. The van der Waals surface area contributed by atoms with E-state index in [4.69, 9.17) is 4.89 Å². The molecule has 15 heavy (non-hydrogen) atoms. The number of Topliss-reactive ketones (excluding diaryl/α,β-unsaturated/α-hetero) is 1. The largest absolute Gasteiger partial charge is 0.346 e. The lowest BCUT2D eigenvalue weighted by Gasteiger charge is -2.00. The zero-order valence-corrected chi connectivity index (χ0v) is 10.7. The van der Waals surface area contributed by atoms with Gasteiger partial charge in [0.25, 0.3) is 0 Å². The van der Waals surface area contributed by atoms with Crippen molar-refractivity contribution in [2.45, 2.75) is 12.8 Å². The third-order valence-corrected chi connectivity index (χ3v) is 3.27. The summed E-state index contributed by atoms with van der Waals surface area (Å²) >= 11 is 3.28. The fourth-order valence-corrected chi connectivity index (χ4v) is 1.92. The molecule has 1 atom stereocenters. The quantitative estimate of drug-likeness (QED) is 0.670. The maximum absolute atomic E-state index is 11.5. The van der Waals surface area contributed by atoms with Gasteiger partial charge in [-0.15, -0.1) is 0 Å². The monoisotopic (exact) mass is 290 g/mol. The minimum absolute atomic E-state index is 0.0192. The molecule has 1 aromatic carbocycles. The van der Waals surface area contributed by atoms with Crippen LogP contribution in [0, 0.1) is 0 Å². The standard InChI is InChI=1S/C10H12BrO3P/c11-9-5-3-8(4-6-9)10(12)2-1-7-15(13)14/h3-6,15H,1-2,7H2,(H,13,14). The smallest absolute Gasteiger partial charge is 0.189 e. The number of hydrogen-bond donors (Lipinski definition) is 1. The topological polar surface area (TPSA) is 54.4 Å². The predicted molar refractivity (Wildman–Crippen MR) is 63.8 cm³/mol. The number of hydrogen-bond acceptors (Lipinski definition) is 2. The Morgan fingerprint density at radius 2 is 1.93 bits per heavy atom. The molecule has 0 aliphatic rings. The van der Waals surface area contributed by atoms with Crippen LogP contribution in [-0.4, -0.2) is 16.8 Å². The molecule has 1 N–H and O–H groups in total. The van der Waals surface area contributed by atoms with Crippen LogP contribution < -0.4 is 0 Å². The average molecular weight is 291 g/mol. The Hall–Kier alpha value is -0.440. The minimum Gasteiger partial charge on any atom is -0.346 e. The molecule has 0 radical (unpaired) electrons. The van der Waals surface area contributed by atoms with E-state index < -0.39 is 8.03 Å². The van der Waals surface area contributed by atoms with Crippen LogP contribution in [0.25, 0.3) is 0 Å². The summed E-state index contributed by atoms with van der Waals surface area (Å²) in [5.41, 5.74) is 0.649. The molecule has 0 aliphatic heterocycles. The molecular weight excluding hydrogens is 279 g/mol. The predicted octanol–water partition coefficient (Wildman–Crippen LogP) is 2.88. The molecule has 0 bridgehead atoms. The fourth-order valence-electron chi connectivity index (χ4n) is 1.18. The van der Waals surface area contributed by atoms with Crippen molar-refractivity contribution in [1.29, 1.82) is 0 Å². The van der Waals surface area contributed by atoms with Crippen LogP contribution in [0.4, 0.5) is 0 Å². The van der Waals surface area contributed by atoms with Crippen LogP contribution in [0.2, 0.25) is 0 Å². The van der Waals surface area contributed by atoms with E-state index in [0.29, 0.717) is 18.4 Å². The van der Waals surface area contributed by atoms with E-state index in [-0.39, 0.29) is 11.9 Å². The zero-order valence-electron chi connectivity index (χ0n) is 8.07. The van der Waals surface area contributed by atoms with E-state index in [1.165, 1.54) is 0 Å². The van der Waals surface area contributed by atoms with E-state index in [1.807, 2.05) is 12.1 Å². The molecule has 82 valence electrons. The number of halogens is 1. The molecule has 0 heterocycles. The summed E-state index contributed by atoms with van der Waals surface area (Å²) in [5.74, 6) is 0.0192. The molecule has 1 aromatic rings. The lowest BCUT2D eigenvalue weighted by atomic mass is 10.1. The Balaban J connectivity index is 2.47. The van der Waals surface area contributed by atoms with Gasteiger partial charge in [-0.3, -0.25) is 9.36 Å². The molecule has 1 unspecified atom stereocenters. The van der Waals surface area contributed by atoms with Crippen LogP contribution in [0.15, 0.2) is 28.7 Å². The van der Waals surface area contributed by atoms with E-state index in [9.17, 15) is 9.36 Å². The van der Waals surface area contributed by atoms with Crippen molar-refractivity contribution in [3.63, 3.8) is 0 Å². The number of carbonyl (C=O) groups is 1. The van der Waals surface area contributed by atoms with E-state index in [2.05, 4.69) is 15.9 Å². The van der Waals surface area contributed by atoms with Crippen molar-refractivity contribution >= 4 is 29.7 Å². The van der Waals surface area contributed by atoms with Gasteiger partial charge in [-0.2, -0.15) is 0 Å². The van der Waals surface area contributed by atoms with Crippen LogP contribution in [0.5, 0.6) is 0 Å². The Morgan fingerprint density at radius 1 is 1.33 bits per heavy atom. The molecule has 0 aliphatic carbocycles. The van der Waals surface area contributed by atoms with Crippen molar-refractivity contribution < 1.29 is 14.3 Å². The second-order valence-electron chi connectivity index (χ2n) is 3.18. The molecule has 1 rings (SSSR count). The van der Waals surface area contributed by atoms with Crippen LogP contribution >= 0.6 is 24.0 Å². The van der Waals surface area contributed by atoms with Crippen molar-refractivity contribution in [2.75, 3.05) is 6.16 Å². The summed E-state index contributed by atoms with van der Waals surface area (Å²) in [6.45, 7) is 0. The Kier molecular flexibility index (Phi) is 5.23. The molecular formula is C10H12BrO3P. The third kappa shape index (κ3) is 4.74. The van der Waals surface area contributed by atoms with Gasteiger partial charge in [-0.05, 0) is 18.6 Å². The van der Waals surface area contributed by atoms with Gasteiger partial charge < -0.3 is 4.89 Å². The summed E-state index contributed by atoms with van der Waals surface area (Å²) in [7, 11) is -2.43. The summed E-state index contributed by atoms with van der Waals surface area (Å²) in [6, 6.07) is 7.10. The normalized spacial score (nSPS) is 12.4. The summed E-state index contributed by atoms with van der Waals surface area (Å²) in [5, 5.41) is 0. The maximum Gasteiger partial charge on any atom is 0.189 e. The minimum atomic E-state index is -2.43. The van der Waals surface area contributed by atoms with E-state index >= 15 is 0 Å². The van der Waals surface area contributed by atoms with Gasteiger partial charge in [0.2, 0.25) is 0 Å². The lowest BCUT2D eigenvalue weighted by Crippen LogP contribution is -1.99. The van der Waals surface area contributed by atoms with Gasteiger partial charge in [0.05, 0.1) is 0 Å². The molecule has 0 saturated carbocycles. The highest BCUT2D eigenvalue weighted by Crippen LogP contribution is 2.17. The van der Waals surface area contributed by atoms with Gasteiger partial charge in [0, 0.05) is 22.6 Å². The van der Waals surface area contributed by atoms with Crippen molar-refractivity contribution in [3.05, 3.63) is 34.3 Å². The van der Waals surface area contributed by atoms with Crippen LogP contribution in [-0.2, 0) is 4.57 Å². The van der Waals surface area contributed by atoms with Crippen LogP contribution in [0.3, 0.4) is 0 Å². The summed E-state index contributed by atoms with van der Waals surface area (Å²) < 4.78 is 11.4. The SMILES string of the molecule is O=C(CCC[PH](=O)O)c1ccc(Br)cc1. The van der Waals surface area contributed by atoms with Gasteiger partial charge in [0.15, 0.2) is 13.8 Å². The first-order valence-corrected chi connectivity index (χ1v) is 6.95. The number of ketones is 1. The lowest BCUT2D eigenvalue weighted by molar-refractivity contribution is 0.0982. The van der Waals surface area contributed by atoms with Gasteiger partial charge >= 0.3 is 0 Å². The highest BCUT2D eigenvalue weighted by Gasteiger charge is 2.05. The van der Waals surface area contributed by atoms with Crippen LogP contribution in [0.1, 0.15) is 23.2 Å². The second-order valence-corrected chi connectivity index (χ2v) is 5.38. The number of rotatable bonds is 5. The van der Waals surface area contributed by atoms with Gasteiger partial charge in [0.1, 0.15) is 0 Å². The Bertz CT molecular complexity index is 361. The molecule has 5 heteroatoms. The molecule has 0 fully saturated rings. The molecule has 0 aromatic heterocycles. The zero-order chi connectivity index (χ0) is 11.3. The molecule has 0 amide bonds. The van der Waals surface area contributed by atoms with E-state index in [0.717, 1.165) is 4.47 Å². The summed E-state index contributed by atoms with van der Waals surface area (Å²) in [4.78, 5) is 20.2. The fraction of sp³-hybridized carbons (Fsp3) is 0.300. The molecule has 0 saturated heterocycles. The number of benzene rings is 1. The van der Waals surface area contributed by atoms with Crippen molar-refractivity contribution in [2.24, 2.45) is 0 Å². The Morgan fingerprint density at radius 3 is 2.47 bits per heavy atom. The van der Waals surface area contributed by atoms with Gasteiger partial charge in [-0.1, -0.05) is 28.1 Å². The molecule has 3 nitrogen and oxygen atoms in total. The highest BCUT2D eigenvalue weighted by molar-refractivity contribution is 9.10. The summed E-state index contributed by atoms with van der Waals surface area (Å²) in [6.07, 6.45) is 1.04. The maximum atomic E-state index is 11.5. The van der Waals surface area contributed by atoms with E-state index in [1.54, 1.807) is 12.1 Å². The van der Waals surface area contributed by atoms with Crippen molar-refractivity contribution in [1.82, 2.24) is 0 Å². The average Bonchev–Trinajstić information content (AvgIpc) is 2.18. The number of carbonyl (C=O) groups excluding carboxylic acids is 1.